The van der Waals surface area contributed by atoms with Crippen LogP contribution in [0.5, 0.6) is 0 Å². The summed E-state index contributed by atoms with van der Waals surface area (Å²) < 4.78 is 67.2. The predicted molar refractivity (Wildman–Crippen MR) is 121 cm³/mol. The van der Waals surface area contributed by atoms with Crippen molar-refractivity contribution in [2.45, 2.75) is 22.5 Å². The zero-order chi connectivity index (χ0) is 23.0. The lowest BCUT2D eigenvalue weighted by Crippen LogP contribution is -2.41. The molecule has 1 saturated heterocycles. The van der Waals surface area contributed by atoms with Crippen LogP contribution in [0.25, 0.3) is 0 Å². The molecule has 11 heteroatoms. The summed E-state index contributed by atoms with van der Waals surface area (Å²) in [5, 5.41) is 0. The first-order valence-electron chi connectivity index (χ1n) is 9.66. The van der Waals surface area contributed by atoms with Crippen molar-refractivity contribution in [2.24, 2.45) is 0 Å². The third-order valence-corrected chi connectivity index (χ3v) is 8.67. The molecule has 4 rings (SSSR count). The minimum atomic E-state index is -3.84. The molecule has 2 heterocycles. The van der Waals surface area contributed by atoms with Crippen LogP contribution in [0.2, 0.25) is 0 Å². The number of aromatic nitrogens is 1. The standard InChI is InChI=1S/C21H21BrN2O6S2/c1-16-2-6-19(7-3-16)31(25,26)23-15-21(29-12-13-30-21)17-10-11-24(14-17)32(27,28)20-8-4-18(22)5-9-20/h2-11,14,23H,12-13,15H2,1H3. The van der Waals surface area contributed by atoms with Gasteiger partial charge in [-0.3, -0.25) is 0 Å². The van der Waals surface area contributed by atoms with Crippen LogP contribution >= 0.6 is 15.9 Å². The van der Waals surface area contributed by atoms with E-state index in [1.165, 1.54) is 36.7 Å². The van der Waals surface area contributed by atoms with Gasteiger partial charge in [0.05, 0.1) is 29.5 Å². The first-order chi connectivity index (χ1) is 15.1. The molecule has 0 amide bonds. The topological polar surface area (TPSA) is 104 Å². The molecular weight excluding hydrogens is 520 g/mol. The lowest BCUT2D eigenvalue weighted by molar-refractivity contribution is -0.159. The average molecular weight is 541 g/mol. The quantitative estimate of drug-likeness (QED) is 0.494. The van der Waals surface area contributed by atoms with Crippen molar-refractivity contribution in [3.8, 4) is 0 Å². The van der Waals surface area contributed by atoms with Crippen LogP contribution in [-0.4, -0.2) is 40.6 Å². The maximum Gasteiger partial charge on any atom is 0.267 e. The van der Waals surface area contributed by atoms with Crippen LogP contribution in [0, 0.1) is 6.92 Å². The average Bonchev–Trinajstić information content (AvgIpc) is 3.44. The maximum absolute atomic E-state index is 13.0. The largest absolute Gasteiger partial charge is 0.342 e. The van der Waals surface area contributed by atoms with Crippen LogP contribution in [0.15, 0.2) is 81.3 Å². The highest BCUT2D eigenvalue weighted by atomic mass is 79.9. The van der Waals surface area contributed by atoms with E-state index in [0.717, 1.165) is 14.0 Å². The van der Waals surface area contributed by atoms with Gasteiger partial charge in [0.1, 0.15) is 0 Å². The fourth-order valence-corrected chi connectivity index (χ4v) is 5.80. The Bertz CT molecular complexity index is 1310. The fourth-order valence-electron chi connectivity index (χ4n) is 3.30. The number of nitrogens with one attached hydrogen (secondary N) is 1. The molecule has 0 radical (unpaired) electrons. The molecule has 170 valence electrons. The van der Waals surface area contributed by atoms with Gasteiger partial charge < -0.3 is 9.47 Å². The molecule has 1 fully saturated rings. The summed E-state index contributed by atoms with van der Waals surface area (Å²) in [7, 11) is -7.65. The number of ether oxygens (including phenoxy) is 2. The minimum absolute atomic E-state index is 0.116. The lowest BCUT2D eigenvalue weighted by Gasteiger charge is -2.26. The molecule has 0 saturated carbocycles. The summed E-state index contributed by atoms with van der Waals surface area (Å²) in [5.74, 6) is -1.43. The number of hydrogen-bond donors (Lipinski definition) is 1. The highest BCUT2D eigenvalue weighted by Gasteiger charge is 2.41. The lowest BCUT2D eigenvalue weighted by atomic mass is 10.1. The first-order valence-corrected chi connectivity index (χ1v) is 13.4. The second kappa shape index (κ2) is 8.73. The molecule has 0 bridgehead atoms. The first kappa shape index (κ1) is 23.1. The Morgan fingerprint density at radius 2 is 1.53 bits per heavy atom. The molecule has 0 aliphatic carbocycles. The Hall–Kier alpha value is -2.02. The summed E-state index contributed by atoms with van der Waals surface area (Å²) in [6.45, 7) is 2.14. The molecule has 1 aliphatic rings. The number of halogens is 1. The van der Waals surface area contributed by atoms with E-state index in [0.29, 0.717) is 5.56 Å². The predicted octanol–water partition coefficient (Wildman–Crippen LogP) is 2.97. The monoisotopic (exact) mass is 540 g/mol. The molecule has 1 N–H and O–H groups in total. The van der Waals surface area contributed by atoms with Crippen LogP contribution in [0.3, 0.4) is 0 Å². The molecular formula is C21H21BrN2O6S2. The number of hydrogen-bond acceptors (Lipinski definition) is 6. The SMILES string of the molecule is Cc1ccc(S(=O)(=O)NCC2(c3ccn(S(=O)(=O)c4ccc(Br)cc4)c3)OCCO2)cc1. The third-order valence-electron chi connectivity index (χ3n) is 5.08. The van der Waals surface area contributed by atoms with E-state index in [1.807, 2.05) is 6.92 Å². The summed E-state index contributed by atoms with van der Waals surface area (Å²) in [5.41, 5.74) is 1.33. The van der Waals surface area contributed by atoms with Gasteiger partial charge in [0, 0.05) is 22.4 Å². The summed E-state index contributed by atoms with van der Waals surface area (Å²) in [6.07, 6.45) is 2.76. The minimum Gasteiger partial charge on any atom is -0.342 e. The van der Waals surface area contributed by atoms with Gasteiger partial charge in [0.25, 0.3) is 10.0 Å². The highest BCUT2D eigenvalue weighted by molar-refractivity contribution is 9.10. The fraction of sp³-hybridized carbons (Fsp3) is 0.238. The van der Waals surface area contributed by atoms with E-state index >= 15 is 0 Å². The number of nitrogens with zero attached hydrogens (tertiary/aromatic N) is 1. The number of rotatable bonds is 7. The molecule has 3 aromatic rings. The van der Waals surface area contributed by atoms with Gasteiger partial charge in [-0.1, -0.05) is 33.6 Å². The van der Waals surface area contributed by atoms with Gasteiger partial charge in [-0.25, -0.2) is 25.5 Å². The highest BCUT2D eigenvalue weighted by Crippen LogP contribution is 2.32. The van der Waals surface area contributed by atoms with Crippen molar-refractivity contribution < 1.29 is 26.3 Å². The maximum atomic E-state index is 13.0. The van der Waals surface area contributed by atoms with Gasteiger partial charge in [-0.15, -0.1) is 0 Å². The van der Waals surface area contributed by atoms with Crippen LogP contribution in [0.1, 0.15) is 11.1 Å². The summed E-state index contributed by atoms with van der Waals surface area (Å²) >= 11 is 3.29. The Morgan fingerprint density at radius 3 is 2.16 bits per heavy atom. The normalized spacial score (nSPS) is 16.3. The second-order valence-electron chi connectivity index (χ2n) is 7.28. The Labute approximate surface area is 195 Å². The van der Waals surface area contributed by atoms with Crippen molar-refractivity contribution in [3.63, 3.8) is 0 Å². The summed E-state index contributed by atoms with van der Waals surface area (Å²) in [4.78, 5) is 0.233. The number of sulfonamides is 1. The Morgan fingerprint density at radius 1 is 0.938 bits per heavy atom. The van der Waals surface area contributed by atoms with Gasteiger partial charge in [-0.2, -0.15) is 0 Å². The van der Waals surface area contributed by atoms with Gasteiger partial charge in [0.2, 0.25) is 15.8 Å². The molecule has 2 aromatic carbocycles. The van der Waals surface area contributed by atoms with Crippen molar-refractivity contribution in [3.05, 3.63) is 82.6 Å². The molecule has 8 nitrogen and oxygen atoms in total. The molecule has 0 unspecified atom stereocenters. The van der Waals surface area contributed by atoms with Crippen molar-refractivity contribution >= 4 is 36.0 Å². The van der Waals surface area contributed by atoms with E-state index in [4.69, 9.17) is 9.47 Å². The van der Waals surface area contributed by atoms with E-state index in [2.05, 4.69) is 20.7 Å². The zero-order valence-electron chi connectivity index (χ0n) is 17.1. The third kappa shape index (κ3) is 4.54. The number of aryl methyl sites for hydroxylation is 1. The Balaban J connectivity index is 1.60. The van der Waals surface area contributed by atoms with E-state index in [-0.39, 0.29) is 29.5 Å². The summed E-state index contributed by atoms with van der Waals surface area (Å²) in [6, 6.07) is 14.3. The van der Waals surface area contributed by atoms with E-state index in [1.54, 1.807) is 30.3 Å². The van der Waals surface area contributed by atoms with Crippen molar-refractivity contribution in [2.75, 3.05) is 19.8 Å². The van der Waals surface area contributed by atoms with Crippen LogP contribution < -0.4 is 4.72 Å². The molecule has 1 aliphatic heterocycles. The zero-order valence-corrected chi connectivity index (χ0v) is 20.3. The molecule has 0 atom stereocenters. The molecule has 1 aromatic heterocycles. The van der Waals surface area contributed by atoms with Crippen molar-refractivity contribution in [1.29, 1.82) is 0 Å². The van der Waals surface area contributed by atoms with E-state index < -0.39 is 25.8 Å². The molecule has 32 heavy (non-hydrogen) atoms. The Kier molecular flexibility index (Phi) is 6.31. The molecule has 0 spiro atoms. The smallest absolute Gasteiger partial charge is 0.267 e. The van der Waals surface area contributed by atoms with Gasteiger partial charge >= 0.3 is 0 Å². The van der Waals surface area contributed by atoms with E-state index in [9.17, 15) is 16.8 Å². The van der Waals surface area contributed by atoms with Crippen molar-refractivity contribution in [1.82, 2.24) is 8.69 Å². The van der Waals surface area contributed by atoms with Gasteiger partial charge in [-0.05, 0) is 49.4 Å². The van der Waals surface area contributed by atoms with Crippen LogP contribution in [-0.2, 0) is 35.3 Å². The van der Waals surface area contributed by atoms with Crippen LogP contribution in [0.4, 0.5) is 0 Å². The second-order valence-corrected chi connectivity index (χ2v) is 11.8. The number of benzene rings is 2. The van der Waals surface area contributed by atoms with Gasteiger partial charge in [0.15, 0.2) is 0 Å².